The summed E-state index contributed by atoms with van der Waals surface area (Å²) in [6.45, 7) is 3.55. The number of H-pyrrole nitrogens is 2. The SMILES string of the molecule is CCCC[C@H](N)C(=O)N[C@@H](C)C(=O)N[C@@H](Cc1cnc[nH]1)C(=O)N[C@H](Cc1ccccc1)C(=O)N[C@@H](CCCN=C(N)N)C(=O)N[C@@H](Cc1c[nH]c2ccccc12)C(=O)O. The molecule has 0 spiro atoms. The number of unbranched alkanes of at least 4 members (excludes halogenated alkanes) is 1. The maximum Gasteiger partial charge on any atom is 0.326 e. The zero-order valence-corrected chi connectivity index (χ0v) is 33.8. The molecule has 2 aromatic heterocycles. The number of fused-ring (bicyclic) bond motifs is 1. The van der Waals surface area contributed by atoms with Crippen LogP contribution in [0.15, 0.2) is 78.3 Å². The number of carboxylic acid groups (broad SMARTS) is 1. The number of aromatic nitrogens is 3. The lowest BCUT2D eigenvalue weighted by Crippen LogP contribution is -2.59. The number of imidazole rings is 1. The molecule has 0 aliphatic carbocycles. The number of aromatic amines is 2. The van der Waals surface area contributed by atoms with E-state index in [1.165, 1.54) is 19.4 Å². The number of carboxylic acids is 1. The molecule has 0 aliphatic rings. The highest BCUT2D eigenvalue weighted by Crippen LogP contribution is 2.19. The second-order valence-electron chi connectivity index (χ2n) is 14.5. The Labute approximate surface area is 347 Å². The van der Waals surface area contributed by atoms with Crippen molar-refractivity contribution >= 4 is 52.4 Å². The number of hydrogen-bond acceptors (Lipinski definition) is 9. The first-order valence-corrected chi connectivity index (χ1v) is 19.9. The molecule has 60 heavy (non-hydrogen) atoms. The van der Waals surface area contributed by atoms with Gasteiger partial charge < -0.3 is 58.9 Å². The van der Waals surface area contributed by atoms with Crippen LogP contribution >= 0.6 is 0 Å². The molecule has 6 atom stereocenters. The Morgan fingerprint density at radius 3 is 2.03 bits per heavy atom. The summed E-state index contributed by atoms with van der Waals surface area (Å²) < 4.78 is 0. The molecule has 0 saturated carbocycles. The second kappa shape index (κ2) is 23.0. The summed E-state index contributed by atoms with van der Waals surface area (Å²) in [6.07, 6.45) is 6.68. The lowest BCUT2D eigenvalue weighted by atomic mass is 10.0. The van der Waals surface area contributed by atoms with Crippen molar-refractivity contribution in [3.8, 4) is 0 Å². The molecular weight excluding hydrogens is 773 g/mol. The van der Waals surface area contributed by atoms with Crippen LogP contribution in [0, 0.1) is 0 Å². The number of rotatable bonds is 24. The van der Waals surface area contributed by atoms with Gasteiger partial charge in [0.25, 0.3) is 0 Å². The van der Waals surface area contributed by atoms with Gasteiger partial charge in [0.2, 0.25) is 29.5 Å². The van der Waals surface area contributed by atoms with Gasteiger partial charge in [-0.3, -0.25) is 29.0 Å². The van der Waals surface area contributed by atoms with E-state index in [1.54, 1.807) is 36.5 Å². The lowest BCUT2D eigenvalue weighted by molar-refractivity contribution is -0.142. The molecule has 0 fully saturated rings. The minimum atomic E-state index is -1.36. The first kappa shape index (κ1) is 45.9. The topological polar surface area (TPSA) is 318 Å². The van der Waals surface area contributed by atoms with Gasteiger partial charge in [0.15, 0.2) is 5.96 Å². The van der Waals surface area contributed by atoms with E-state index in [4.69, 9.17) is 17.2 Å². The van der Waals surface area contributed by atoms with Gasteiger partial charge in [0, 0.05) is 54.8 Å². The monoisotopic (exact) mass is 828 g/mol. The van der Waals surface area contributed by atoms with Gasteiger partial charge in [-0.25, -0.2) is 9.78 Å². The summed E-state index contributed by atoms with van der Waals surface area (Å²) in [5.41, 5.74) is 19.6. The number of nitrogens with zero attached hydrogens (tertiary/aromatic N) is 2. The number of amides is 5. The average Bonchev–Trinajstić information content (AvgIpc) is 3.90. The van der Waals surface area contributed by atoms with E-state index in [-0.39, 0.29) is 44.6 Å². The van der Waals surface area contributed by atoms with Gasteiger partial charge in [-0.15, -0.1) is 0 Å². The van der Waals surface area contributed by atoms with E-state index in [9.17, 15) is 33.9 Å². The first-order valence-electron chi connectivity index (χ1n) is 19.9. The lowest BCUT2D eigenvalue weighted by Gasteiger charge is -2.27. The third kappa shape index (κ3) is 14.3. The standard InChI is InChI=1S/C41H56N12O7/c1-3-4-14-29(42)36(55)49-24(2)35(54)51-33(20-27-22-45-23-48-27)39(58)52-32(18-25-11-6-5-7-12-25)38(57)50-31(16-10-17-46-41(43)44)37(56)53-34(40(59)60)19-26-21-47-30-15-9-8-13-28(26)30/h5-9,11-13,15,21-24,29,31-34,47H,3-4,10,14,16-20,42H2,1-2H3,(H,45,48)(H,49,55)(H,50,57)(H,51,54)(H,52,58)(H,53,56)(H,59,60)(H4,43,44,46)/t24-,29-,31-,32+,33-,34-/m0/s1. The van der Waals surface area contributed by atoms with Crippen LogP contribution in [-0.4, -0.2) is 104 Å². The molecule has 0 bridgehead atoms. The van der Waals surface area contributed by atoms with Crippen LogP contribution < -0.4 is 43.8 Å². The van der Waals surface area contributed by atoms with Gasteiger partial charge in [-0.05, 0) is 43.4 Å². The molecule has 2 heterocycles. The number of carbonyl (C=O) groups is 6. The van der Waals surface area contributed by atoms with E-state index in [2.05, 4.69) is 46.5 Å². The second-order valence-corrected chi connectivity index (χ2v) is 14.5. The third-order valence-corrected chi connectivity index (χ3v) is 9.78. The fourth-order valence-electron chi connectivity index (χ4n) is 6.43. The zero-order valence-electron chi connectivity index (χ0n) is 33.8. The third-order valence-electron chi connectivity index (χ3n) is 9.78. The summed E-state index contributed by atoms with van der Waals surface area (Å²) in [5.74, 6) is -4.92. The normalized spacial score (nSPS) is 14.1. The molecule has 14 N–H and O–H groups in total. The Bertz CT molecular complexity index is 2070. The quantitative estimate of drug-likeness (QED) is 0.0254. The first-order chi connectivity index (χ1) is 28.7. The Balaban J connectivity index is 1.56. The van der Waals surface area contributed by atoms with Gasteiger partial charge in [-0.1, -0.05) is 68.3 Å². The predicted octanol–water partition coefficient (Wildman–Crippen LogP) is 0.0185. The van der Waals surface area contributed by atoms with Crippen molar-refractivity contribution in [1.82, 2.24) is 41.5 Å². The fraction of sp³-hybridized carbons (Fsp3) is 0.415. The Kier molecular flexibility index (Phi) is 17.6. The largest absolute Gasteiger partial charge is 0.480 e. The van der Waals surface area contributed by atoms with Crippen molar-refractivity contribution in [2.75, 3.05) is 6.54 Å². The van der Waals surface area contributed by atoms with E-state index < -0.39 is 71.8 Å². The van der Waals surface area contributed by atoms with Gasteiger partial charge in [0.1, 0.15) is 30.2 Å². The van der Waals surface area contributed by atoms with Crippen molar-refractivity contribution in [2.24, 2.45) is 22.2 Å². The highest BCUT2D eigenvalue weighted by atomic mass is 16.4. The van der Waals surface area contributed by atoms with Crippen molar-refractivity contribution in [3.63, 3.8) is 0 Å². The van der Waals surface area contributed by atoms with Crippen LogP contribution in [-0.2, 0) is 48.0 Å². The molecular formula is C41H56N12O7. The predicted molar refractivity (Wildman–Crippen MR) is 225 cm³/mol. The number of carbonyl (C=O) groups excluding carboxylic acids is 5. The molecule has 0 unspecified atom stereocenters. The number of para-hydroxylation sites is 1. The van der Waals surface area contributed by atoms with Gasteiger partial charge in [0.05, 0.1) is 12.4 Å². The number of benzene rings is 2. The minimum Gasteiger partial charge on any atom is -0.480 e. The molecule has 19 nitrogen and oxygen atoms in total. The zero-order chi connectivity index (χ0) is 43.6. The van der Waals surface area contributed by atoms with Crippen LogP contribution in [0.4, 0.5) is 0 Å². The minimum absolute atomic E-state index is 0.00397. The van der Waals surface area contributed by atoms with Crippen molar-refractivity contribution < 1.29 is 33.9 Å². The molecule has 0 radical (unpaired) electrons. The van der Waals surface area contributed by atoms with Gasteiger partial charge >= 0.3 is 5.97 Å². The maximum absolute atomic E-state index is 14.2. The number of aliphatic imine (C=N–C) groups is 1. The van der Waals surface area contributed by atoms with E-state index in [0.29, 0.717) is 23.2 Å². The molecule has 322 valence electrons. The Morgan fingerprint density at radius 1 is 0.733 bits per heavy atom. The molecule has 5 amide bonds. The summed E-state index contributed by atoms with van der Waals surface area (Å²) >= 11 is 0. The van der Waals surface area contributed by atoms with Crippen molar-refractivity contribution in [1.29, 1.82) is 0 Å². The fourth-order valence-corrected chi connectivity index (χ4v) is 6.43. The number of nitrogens with one attached hydrogen (secondary N) is 7. The van der Waals surface area contributed by atoms with E-state index in [0.717, 1.165) is 23.7 Å². The van der Waals surface area contributed by atoms with Crippen molar-refractivity contribution in [3.05, 3.63) is 90.1 Å². The van der Waals surface area contributed by atoms with Crippen LogP contribution in [0.3, 0.4) is 0 Å². The van der Waals surface area contributed by atoms with Crippen LogP contribution in [0.2, 0.25) is 0 Å². The highest BCUT2D eigenvalue weighted by Gasteiger charge is 2.33. The molecule has 0 saturated heterocycles. The number of nitrogens with two attached hydrogens (primary N) is 3. The summed E-state index contributed by atoms with van der Waals surface area (Å²) in [5, 5.41) is 24.3. The van der Waals surface area contributed by atoms with Crippen molar-refractivity contribution in [2.45, 2.75) is 101 Å². The van der Waals surface area contributed by atoms with Gasteiger partial charge in [-0.2, -0.15) is 0 Å². The van der Waals surface area contributed by atoms with Crippen LogP contribution in [0.25, 0.3) is 10.9 Å². The van der Waals surface area contributed by atoms with Crippen LogP contribution in [0.1, 0.15) is 62.8 Å². The van der Waals surface area contributed by atoms with E-state index in [1.807, 2.05) is 31.2 Å². The highest BCUT2D eigenvalue weighted by molar-refractivity contribution is 5.96. The summed E-state index contributed by atoms with van der Waals surface area (Å²) in [4.78, 5) is 94.7. The number of aliphatic carboxylic acids is 1. The molecule has 4 aromatic rings. The average molecular weight is 829 g/mol. The molecule has 2 aromatic carbocycles. The summed E-state index contributed by atoms with van der Waals surface area (Å²) in [6, 6.07) is 9.12. The Morgan fingerprint density at radius 2 is 1.37 bits per heavy atom. The van der Waals surface area contributed by atoms with E-state index >= 15 is 0 Å². The molecule has 0 aliphatic heterocycles. The summed E-state index contributed by atoms with van der Waals surface area (Å²) in [7, 11) is 0. The molecule has 4 rings (SSSR count). The number of hydrogen-bond donors (Lipinski definition) is 11. The van der Waals surface area contributed by atoms with Crippen LogP contribution in [0.5, 0.6) is 0 Å². The number of guanidine groups is 1. The molecule has 19 heteroatoms. The Hall–Kier alpha value is -6.76. The maximum atomic E-state index is 14.2. The smallest absolute Gasteiger partial charge is 0.326 e.